The molecule has 0 fully saturated rings. The Morgan fingerprint density at radius 1 is 1.41 bits per heavy atom. The molecule has 0 saturated carbocycles. The van der Waals surface area contributed by atoms with Crippen LogP contribution >= 0.6 is 0 Å². The number of methoxy groups -OCH3 is 1. The van der Waals surface area contributed by atoms with Gasteiger partial charge in [-0.15, -0.1) is 0 Å². The molecule has 0 spiro atoms. The fourth-order valence-electron chi connectivity index (χ4n) is 1.87. The number of carbonyl (C=O) groups is 1. The summed E-state index contributed by atoms with van der Waals surface area (Å²) in [6.45, 7) is 0. The molecule has 0 heterocycles. The van der Waals surface area contributed by atoms with Crippen LogP contribution in [0.1, 0.15) is 23.2 Å². The van der Waals surface area contributed by atoms with E-state index in [0.29, 0.717) is 5.75 Å². The number of hydrogen-bond acceptors (Lipinski definition) is 3. The number of phenolic OH excluding ortho intramolecular Hbond substituents is 1. The second-order valence-electron chi connectivity index (χ2n) is 3.97. The largest absolute Gasteiger partial charge is 0.504 e. The van der Waals surface area contributed by atoms with Crippen molar-refractivity contribution in [3.8, 4) is 11.5 Å². The molecule has 1 aliphatic rings. The minimum Gasteiger partial charge on any atom is -0.504 e. The van der Waals surface area contributed by atoms with Gasteiger partial charge in [-0.2, -0.15) is 0 Å². The SMILES string of the molecule is COc1cccc(C(=O)NC2CC=CC2)c1O. The predicted molar refractivity (Wildman–Crippen MR) is 64.3 cm³/mol. The number of carbonyl (C=O) groups excluding carboxylic acids is 1. The molecular weight excluding hydrogens is 218 g/mol. The highest BCUT2D eigenvalue weighted by molar-refractivity contribution is 5.97. The molecule has 17 heavy (non-hydrogen) atoms. The Hall–Kier alpha value is -1.97. The van der Waals surface area contributed by atoms with Crippen molar-refractivity contribution >= 4 is 5.91 Å². The highest BCUT2D eigenvalue weighted by Gasteiger charge is 2.18. The summed E-state index contributed by atoms with van der Waals surface area (Å²) in [5, 5.41) is 12.7. The average Bonchev–Trinajstić information content (AvgIpc) is 2.82. The van der Waals surface area contributed by atoms with E-state index in [2.05, 4.69) is 5.32 Å². The molecule has 1 amide bonds. The number of benzene rings is 1. The molecule has 1 aromatic carbocycles. The molecule has 0 saturated heterocycles. The first-order valence-electron chi connectivity index (χ1n) is 5.54. The van der Waals surface area contributed by atoms with E-state index >= 15 is 0 Å². The molecule has 0 atom stereocenters. The summed E-state index contributed by atoms with van der Waals surface area (Å²) in [5.41, 5.74) is 0.247. The monoisotopic (exact) mass is 233 g/mol. The third-order valence-electron chi connectivity index (χ3n) is 2.81. The number of aromatic hydroxyl groups is 1. The number of amides is 1. The Morgan fingerprint density at radius 2 is 2.12 bits per heavy atom. The van der Waals surface area contributed by atoms with Gasteiger partial charge in [-0.1, -0.05) is 18.2 Å². The van der Waals surface area contributed by atoms with Crippen LogP contribution in [0.3, 0.4) is 0 Å². The quantitative estimate of drug-likeness (QED) is 0.783. The molecular formula is C13H15NO3. The molecule has 2 N–H and O–H groups in total. The highest BCUT2D eigenvalue weighted by atomic mass is 16.5. The molecule has 4 nitrogen and oxygen atoms in total. The molecule has 0 aliphatic heterocycles. The lowest BCUT2D eigenvalue weighted by atomic mass is 10.1. The fraction of sp³-hybridized carbons (Fsp3) is 0.308. The van der Waals surface area contributed by atoms with Crippen LogP contribution in [0.2, 0.25) is 0 Å². The standard InChI is InChI=1S/C13H15NO3/c1-17-11-8-4-7-10(12(11)15)13(16)14-9-5-2-3-6-9/h2-4,7-9,15H,5-6H2,1H3,(H,14,16). The van der Waals surface area contributed by atoms with E-state index in [-0.39, 0.29) is 23.3 Å². The van der Waals surface area contributed by atoms with Crippen molar-refractivity contribution in [2.75, 3.05) is 7.11 Å². The van der Waals surface area contributed by atoms with E-state index in [1.807, 2.05) is 12.2 Å². The normalized spacial score (nSPS) is 14.9. The van der Waals surface area contributed by atoms with E-state index in [1.165, 1.54) is 7.11 Å². The van der Waals surface area contributed by atoms with Gasteiger partial charge in [0.05, 0.1) is 12.7 Å². The Bertz CT molecular complexity index is 446. The molecule has 2 rings (SSSR count). The first kappa shape index (κ1) is 11.5. The van der Waals surface area contributed by atoms with Crippen molar-refractivity contribution < 1.29 is 14.6 Å². The Kier molecular flexibility index (Phi) is 3.32. The van der Waals surface area contributed by atoms with Gasteiger partial charge in [0, 0.05) is 6.04 Å². The van der Waals surface area contributed by atoms with Crippen LogP contribution in [0.4, 0.5) is 0 Å². The van der Waals surface area contributed by atoms with E-state index in [0.717, 1.165) is 12.8 Å². The van der Waals surface area contributed by atoms with Crippen molar-refractivity contribution in [3.05, 3.63) is 35.9 Å². The van der Waals surface area contributed by atoms with Gasteiger partial charge in [-0.25, -0.2) is 0 Å². The number of para-hydroxylation sites is 1. The first-order valence-corrected chi connectivity index (χ1v) is 5.54. The maximum absolute atomic E-state index is 11.9. The molecule has 90 valence electrons. The first-order chi connectivity index (χ1) is 8.22. The molecule has 4 heteroatoms. The van der Waals surface area contributed by atoms with Crippen LogP contribution in [-0.2, 0) is 0 Å². The lowest BCUT2D eigenvalue weighted by Gasteiger charge is -2.13. The van der Waals surface area contributed by atoms with Gasteiger partial charge >= 0.3 is 0 Å². The summed E-state index contributed by atoms with van der Waals surface area (Å²) in [5.74, 6) is -0.0734. The maximum Gasteiger partial charge on any atom is 0.255 e. The molecule has 0 radical (unpaired) electrons. The van der Waals surface area contributed by atoms with E-state index in [1.54, 1.807) is 18.2 Å². The topological polar surface area (TPSA) is 58.6 Å². The molecule has 1 aromatic rings. The summed E-state index contributed by atoms with van der Waals surface area (Å²) in [6.07, 6.45) is 5.76. The van der Waals surface area contributed by atoms with Gasteiger partial charge in [-0.05, 0) is 25.0 Å². The Morgan fingerprint density at radius 3 is 2.76 bits per heavy atom. The molecule has 0 aromatic heterocycles. The summed E-state index contributed by atoms with van der Waals surface area (Å²) in [4.78, 5) is 11.9. The Labute approximate surface area is 99.9 Å². The minimum absolute atomic E-state index is 0.113. The fourth-order valence-corrected chi connectivity index (χ4v) is 1.87. The zero-order valence-corrected chi connectivity index (χ0v) is 9.64. The molecule has 0 bridgehead atoms. The van der Waals surface area contributed by atoms with Crippen molar-refractivity contribution in [1.82, 2.24) is 5.32 Å². The summed E-state index contributed by atoms with van der Waals surface area (Å²) in [6, 6.07) is 5.01. The number of ether oxygens (including phenoxy) is 1. The average molecular weight is 233 g/mol. The van der Waals surface area contributed by atoms with Gasteiger partial charge < -0.3 is 15.2 Å². The second kappa shape index (κ2) is 4.91. The lowest BCUT2D eigenvalue weighted by Crippen LogP contribution is -2.32. The second-order valence-corrected chi connectivity index (χ2v) is 3.97. The van der Waals surface area contributed by atoms with Crippen molar-refractivity contribution in [1.29, 1.82) is 0 Å². The van der Waals surface area contributed by atoms with Gasteiger partial charge in [0.2, 0.25) is 0 Å². The van der Waals surface area contributed by atoms with Crippen LogP contribution in [0.25, 0.3) is 0 Å². The zero-order chi connectivity index (χ0) is 12.3. The summed E-state index contributed by atoms with van der Waals surface area (Å²) in [7, 11) is 1.46. The number of nitrogens with one attached hydrogen (secondary N) is 1. The van der Waals surface area contributed by atoms with Crippen molar-refractivity contribution in [2.24, 2.45) is 0 Å². The summed E-state index contributed by atoms with van der Waals surface area (Å²) < 4.78 is 4.96. The minimum atomic E-state index is -0.268. The smallest absolute Gasteiger partial charge is 0.255 e. The van der Waals surface area contributed by atoms with E-state index in [4.69, 9.17) is 4.74 Å². The van der Waals surface area contributed by atoms with Gasteiger partial charge in [0.25, 0.3) is 5.91 Å². The third-order valence-corrected chi connectivity index (χ3v) is 2.81. The van der Waals surface area contributed by atoms with Crippen LogP contribution in [0, 0.1) is 0 Å². The third kappa shape index (κ3) is 2.41. The van der Waals surface area contributed by atoms with Crippen LogP contribution < -0.4 is 10.1 Å². The zero-order valence-electron chi connectivity index (χ0n) is 9.64. The number of rotatable bonds is 3. The van der Waals surface area contributed by atoms with Crippen LogP contribution in [0.15, 0.2) is 30.4 Å². The van der Waals surface area contributed by atoms with Crippen LogP contribution in [0.5, 0.6) is 11.5 Å². The Balaban J connectivity index is 2.13. The highest BCUT2D eigenvalue weighted by Crippen LogP contribution is 2.29. The van der Waals surface area contributed by atoms with E-state index < -0.39 is 0 Å². The number of phenols is 1. The van der Waals surface area contributed by atoms with Gasteiger partial charge in [0.15, 0.2) is 11.5 Å². The molecule has 1 aliphatic carbocycles. The number of hydrogen-bond donors (Lipinski definition) is 2. The van der Waals surface area contributed by atoms with Crippen molar-refractivity contribution in [3.63, 3.8) is 0 Å². The van der Waals surface area contributed by atoms with Gasteiger partial charge in [0.1, 0.15) is 0 Å². The van der Waals surface area contributed by atoms with Crippen LogP contribution in [-0.4, -0.2) is 24.2 Å². The summed E-state index contributed by atoms with van der Waals surface area (Å²) >= 11 is 0. The van der Waals surface area contributed by atoms with E-state index in [9.17, 15) is 9.90 Å². The predicted octanol–water partition coefficient (Wildman–Crippen LogP) is 1.85. The maximum atomic E-state index is 11.9. The van der Waals surface area contributed by atoms with Crippen molar-refractivity contribution in [2.45, 2.75) is 18.9 Å². The molecule has 0 unspecified atom stereocenters. The lowest BCUT2D eigenvalue weighted by molar-refractivity contribution is 0.0935. The van der Waals surface area contributed by atoms with Gasteiger partial charge in [-0.3, -0.25) is 4.79 Å².